The molecule has 1 aliphatic heterocycles. The van der Waals surface area contributed by atoms with Crippen LogP contribution in [0, 0.1) is 0 Å². The molecule has 1 fully saturated rings. The van der Waals surface area contributed by atoms with Crippen molar-refractivity contribution in [1.29, 1.82) is 0 Å². The van der Waals surface area contributed by atoms with E-state index >= 15 is 0 Å². The van der Waals surface area contributed by atoms with Crippen molar-refractivity contribution in [3.8, 4) is 11.5 Å². The second kappa shape index (κ2) is 9.08. The summed E-state index contributed by atoms with van der Waals surface area (Å²) >= 11 is 0. The average Bonchev–Trinajstić information content (AvgIpc) is 3.30. The molecule has 4 rings (SSSR count). The van der Waals surface area contributed by atoms with Gasteiger partial charge in [-0.05, 0) is 31.3 Å². The molecule has 9 nitrogen and oxygen atoms in total. The van der Waals surface area contributed by atoms with E-state index in [0.717, 1.165) is 0 Å². The topological polar surface area (TPSA) is 95.7 Å². The molecule has 0 N–H and O–H groups in total. The molecule has 176 valence electrons. The Bertz CT molecular complexity index is 1180. The summed E-state index contributed by atoms with van der Waals surface area (Å²) in [4.78, 5) is 6.28. The van der Waals surface area contributed by atoms with Crippen molar-refractivity contribution < 1.29 is 26.0 Å². The molecule has 3 heterocycles. The Hall–Kier alpha value is -3.03. The van der Waals surface area contributed by atoms with E-state index < -0.39 is 22.3 Å². The normalized spacial score (nSPS) is 16.1. The van der Waals surface area contributed by atoms with E-state index in [1.165, 1.54) is 26.9 Å². The van der Waals surface area contributed by atoms with Crippen LogP contribution in [0.5, 0.6) is 0 Å². The highest BCUT2D eigenvalue weighted by Gasteiger charge is 2.38. The number of hydrogen-bond donors (Lipinski definition) is 0. The van der Waals surface area contributed by atoms with E-state index in [1.807, 2.05) is 7.05 Å². The van der Waals surface area contributed by atoms with Gasteiger partial charge in [-0.2, -0.15) is 25.9 Å². The summed E-state index contributed by atoms with van der Waals surface area (Å²) in [7, 11) is -1.90. The van der Waals surface area contributed by atoms with Crippen molar-refractivity contribution in [3.63, 3.8) is 0 Å². The van der Waals surface area contributed by atoms with Crippen LogP contribution in [0.3, 0.4) is 0 Å². The number of rotatable bonds is 6. The summed E-state index contributed by atoms with van der Waals surface area (Å²) in [6.07, 6.45) is -3.47. The number of benzene rings is 1. The van der Waals surface area contributed by atoms with E-state index in [1.54, 1.807) is 30.3 Å². The fourth-order valence-electron chi connectivity index (χ4n) is 3.30. The first kappa shape index (κ1) is 23.1. The molecule has 1 aliphatic rings. The Labute approximate surface area is 188 Å². The highest BCUT2D eigenvalue weighted by molar-refractivity contribution is 7.90. The van der Waals surface area contributed by atoms with Gasteiger partial charge in [0.05, 0.1) is 23.5 Å². The van der Waals surface area contributed by atoms with Gasteiger partial charge in [0.2, 0.25) is 5.89 Å². The lowest BCUT2D eigenvalue weighted by molar-refractivity contribution is -0.156. The van der Waals surface area contributed by atoms with Crippen molar-refractivity contribution >= 4 is 15.9 Å². The highest BCUT2D eigenvalue weighted by Crippen LogP contribution is 2.30. The number of para-hydroxylation sites is 1. The van der Waals surface area contributed by atoms with Crippen molar-refractivity contribution in [2.75, 3.05) is 37.5 Å². The van der Waals surface area contributed by atoms with Gasteiger partial charge in [-0.1, -0.05) is 18.2 Å². The molecular formula is C20H21F3N6O3S. The molecule has 3 aromatic rings. The van der Waals surface area contributed by atoms with Crippen LogP contribution in [0.15, 0.2) is 53.1 Å². The molecule has 2 aromatic heterocycles. The monoisotopic (exact) mass is 482 g/mol. The summed E-state index contributed by atoms with van der Waals surface area (Å²) in [6.45, 7) is 1.93. The number of pyridine rings is 1. The van der Waals surface area contributed by atoms with Crippen molar-refractivity contribution in [3.05, 3.63) is 60.2 Å². The van der Waals surface area contributed by atoms with Crippen LogP contribution >= 0.6 is 0 Å². The number of alkyl halides is 3. The van der Waals surface area contributed by atoms with Gasteiger partial charge in [0.15, 0.2) is 0 Å². The first-order valence-electron chi connectivity index (χ1n) is 10.0. The molecule has 0 spiro atoms. The van der Waals surface area contributed by atoms with Crippen LogP contribution in [0.1, 0.15) is 11.6 Å². The Kier molecular flexibility index (Phi) is 6.36. The first-order valence-corrected chi connectivity index (χ1v) is 11.4. The summed E-state index contributed by atoms with van der Waals surface area (Å²) in [5.74, 6) is -1.78. The standard InChI is InChI=1S/C20H21F3N6O3S/c1-27-9-11-28(12-10-27)33(30,31)29(17-5-3-2-4-6-17)14-16-8-7-15(13-24-16)18-25-26-19(32-18)20(21,22)23/h2-8,13H,9-12,14H2,1H3. The fraction of sp³-hybridized carbons (Fsp3) is 0.350. The molecule has 0 radical (unpaired) electrons. The van der Waals surface area contributed by atoms with Crippen molar-refractivity contribution in [2.45, 2.75) is 12.7 Å². The van der Waals surface area contributed by atoms with Gasteiger partial charge in [-0.3, -0.25) is 9.29 Å². The van der Waals surface area contributed by atoms with Gasteiger partial charge < -0.3 is 9.32 Å². The fourth-order valence-corrected chi connectivity index (χ4v) is 4.89. The van der Waals surface area contributed by atoms with Gasteiger partial charge in [0, 0.05) is 32.4 Å². The predicted octanol–water partition coefficient (Wildman–Crippen LogP) is 2.65. The number of halogens is 3. The third-order valence-corrected chi connectivity index (χ3v) is 7.07. The molecule has 0 atom stereocenters. The van der Waals surface area contributed by atoms with E-state index in [9.17, 15) is 21.6 Å². The van der Waals surface area contributed by atoms with Gasteiger partial charge in [-0.15, -0.1) is 10.2 Å². The minimum Gasteiger partial charge on any atom is -0.413 e. The lowest BCUT2D eigenvalue weighted by Gasteiger charge is -2.36. The summed E-state index contributed by atoms with van der Waals surface area (Å²) in [5, 5.41) is 6.40. The van der Waals surface area contributed by atoms with Crippen LogP contribution < -0.4 is 4.31 Å². The molecule has 13 heteroatoms. The maximum atomic E-state index is 13.4. The molecule has 1 saturated heterocycles. The number of likely N-dealkylation sites (N-methyl/N-ethyl adjacent to an activating group) is 1. The molecule has 0 unspecified atom stereocenters. The second-order valence-electron chi connectivity index (χ2n) is 7.50. The van der Waals surface area contributed by atoms with Crippen LogP contribution in [-0.2, 0) is 22.9 Å². The van der Waals surface area contributed by atoms with Gasteiger partial charge in [0.25, 0.3) is 0 Å². The molecule has 33 heavy (non-hydrogen) atoms. The number of hydrogen-bond acceptors (Lipinski definition) is 7. The quantitative estimate of drug-likeness (QED) is 0.533. The van der Waals surface area contributed by atoms with Crippen LogP contribution in [-0.4, -0.2) is 66.0 Å². The van der Waals surface area contributed by atoms with E-state index in [4.69, 9.17) is 0 Å². The number of piperazine rings is 1. The molecule has 0 aliphatic carbocycles. The molecule has 0 amide bonds. The largest absolute Gasteiger partial charge is 0.470 e. The minimum atomic E-state index is -4.74. The smallest absolute Gasteiger partial charge is 0.413 e. The van der Waals surface area contributed by atoms with E-state index in [-0.39, 0.29) is 18.0 Å². The number of nitrogens with zero attached hydrogens (tertiary/aromatic N) is 6. The van der Waals surface area contributed by atoms with Gasteiger partial charge in [-0.25, -0.2) is 0 Å². The lowest BCUT2D eigenvalue weighted by atomic mass is 10.2. The lowest BCUT2D eigenvalue weighted by Crippen LogP contribution is -2.52. The SMILES string of the molecule is CN1CCN(S(=O)(=O)N(Cc2ccc(-c3nnc(C(F)(F)F)o3)cn2)c2ccccc2)CC1. The average molecular weight is 482 g/mol. The minimum absolute atomic E-state index is 0.0589. The molecule has 0 bridgehead atoms. The highest BCUT2D eigenvalue weighted by atomic mass is 32.2. The maximum Gasteiger partial charge on any atom is 0.470 e. The molecular weight excluding hydrogens is 461 g/mol. The Morgan fingerprint density at radius 1 is 1.03 bits per heavy atom. The Morgan fingerprint density at radius 2 is 1.73 bits per heavy atom. The first-order chi connectivity index (χ1) is 15.6. The zero-order valence-corrected chi connectivity index (χ0v) is 18.4. The maximum absolute atomic E-state index is 13.4. The van der Waals surface area contributed by atoms with E-state index in [0.29, 0.717) is 37.6 Å². The third kappa shape index (κ3) is 5.15. The second-order valence-corrected chi connectivity index (χ2v) is 9.35. The number of anilines is 1. The summed E-state index contributed by atoms with van der Waals surface area (Å²) in [5.41, 5.74) is 1.07. The van der Waals surface area contributed by atoms with Crippen LogP contribution in [0.2, 0.25) is 0 Å². The third-order valence-electron chi connectivity index (χ3n) is 5.16. The Morgan fingerprint density at radius 3 is 2.30 bits per heavy atom. The summed E-state index contributed by atoms with van der Waals surface area (Å²) < 4.78 is 72.3. The predicted molar refractivity (Wildman–Crippen MR) is 113 cm³/mol. The van der Waals surface area contributed by atoms with Gasteiger partial charge >= 0.3 is 22.3 Å². The molecule has 0 saturated carbocycles. The van der Waals surface area contributed by atoms with Crippen LogP contribution in [0.4, 0.5) is 18.9 Å². The zero-order valence-electron chi connectivity index (χ0n) is 17.6. The zero-order chi connectivity index (χ0) is 23.6. The summed E-state index contributed by atoms with van der Waals surface area (Å²) in [6, 6.07) is 11.6. The van der Waals surface area contributed by atoms with Crippen molar-refractivity contribution in [1.82, 2.24) is 24.4 Å². The van der Waals surface area contributed by atoms with Crippen LogP contribution in [0.25, 0.3) is 11.5 Å². The van der Waals surface area contributed by atoms with E-state index in [2.05, 4.69) is 24.5 Å². The van der Waals surface area contributed by atoms with Gasteiger partial charge in [0.1, 0.15) is 0 Å². The number of aromatic nitrogens is 3. The Balaban J connectivity index is 1.58. The van der Waals surface area contributed by atoms with Crippen molar-refractivity contribution in [2.24, 2.45) is 0 Å². The molecule has 1 aromatic carbocycles.